The highest BCUT2D eigenvalue weighted by molar-refractivity contribution is 7.98. The molecule has 0 unspecified atom stereocenters. The summed E-state index contributed by atoms with van der Waals surface area (Å²) < 4.78 is 0. The number of hydrogen-bond donors (Lipinski definition) is 1. The summed E-state index contributed by atoms with van der Waals surface area (Å²) in [6, 6.07) is 6.35. The second-order valence-electron chi connectivity index (χ2n) is 4.89. The summed E-state index contributed by atoms with van der Waals surface area (Å²) in [4.78, 5) is 1.28. The number of hydrogen-bond acceptors (Lipinski definition) is 2. The standard InChI is InChI=1S/C14H20ClNS/c1-17-11-5-6-13(15)12(9-11)14(10-16)7-3-2-4-8-14/h5-6,9H,2-4,7-8,10,16H2,1H3. The average molecular weight is 270 g/mol. The van der Waals surface area contributed by atoms with Gasteiger partial charge in [0.1, 0.15) is 0 Å². The van der Waals surface area contributed by atoms with Crippen molar-refractivity contribution in [1.29, 1.82) is 0 Å². The van der Waals surface area contributed by atoms with Crippen LogP contribution in [0.15, 0.2) is 23.1 Å². The molecule has 0 bridgehead atoms. The molecule has 2 N–H and O–H groups in total. The minimum Gasteiger partial charge on any atom is -0.330 e. The number of thioether (sulfide) groups is 1. The Morgan fingerprint density at radius 3 is 2.59 bits per heavy atom. The SMILES string of the molecule is CSc1ccc(Cl)c(C2(CN)CCCCC2)c1. The monoisotopic (exact) mass is 269 g/mol. The molecule has 0 aliphatic heterocycles. The summed E-state index contributed by atoms with van der Waals surface area (Å²) in [7, 11) is 0. The van der Waals surface area contributed by atoms with E-state index in [-0.39, 0.29) is 5.41 Å². The highest BCUT2D eigenvalue weighted by atomic mass is 35.5. The molecule has 2 rings (SSSR count). The molecular formula is C14H20ClNS. The van der Waals surface area contributed by atoms with Crippen molar-refractivity contribution >= 4 is 23.4 Å². The second kappa shape index (κ2) is 5.64. The van der Waals surface area contributed by atoms with Crippen LogP contribution in [0.5, 0.6) is 0 Å². The normalized spacial score (nSPS) is 19.2. The van der Waals surface area contributed by atoms with Crippen LogP contribution in [0, 0.1) is 0 Å². The van der Waals surface area contributed by atoms with E-state index in [1.807, 2.05) is 6.07 Å². The Kier molecular flexibility index (Phi) is 4.40. The fourth-order valence-electron chi connectivity index (χ4n) is 2.85. The van der Waals surface area contributed by atoms with E-state index >= 15 is 0 Å². The molecule has 17 heavy (non-hydrogen) atoms. The van der Waals surface area contributed by atoms with E-state index in [0.29, 0.717) is 6.54 Å². The second-order valence-corrected chi connectivity index (χ2v) is 6.18. The van der Waals surface area contributed by atoms with Gasteiger partial charge in [0.05, 0.1) is 0 Å². The third-order valence-electron chi connectivity index (χ3n) is 3.95. The molecule has 1 aromatic rings. The topological polar surface area (TPSA) is 26.0 Å². The number of halogens is 1. The van der Waals surface area contributed by atoms with E-state index < -0.39 is 0 Å². The Morgan fingerprint density at radius 1 is 1.29 bits per heavy atom. The molecule has 1 aromatic carbocycles. The molecule has 0 atom stereocenters. The Morgan fingerprint density at radius 2 is 2.00 bits per heavy atom. The van der Waals surface area contributed by atoms with Crippen LogP contribution in [0.2, 0.25) is 5.02 Å². The van der Waals surface area contributed by atoms with E-state index in [1.165, 1.54) is 42.6 Å². The number of rotatable bonds is 3. The van der Waals surface area contributed by atoms with Crippen molar-refractivity contribution in [1.82, 2.24) is 0 Å². The molecule has 1 nitrogen and oxygen atoms in total. The molecule has 1 saturated carbocycles. The summed E-state index contributed by atoms with van der Waals surface area (Å²) in [6.45, 7) is 0.713. The molecule has 1 aliphatic carbocycles. The van der Waals surface area contributed by atoms with Crippen LogP contribution >= 0.6 is 23.4 Å². The maximum Gasteiger partial charge on any atom is 0.0444 e. The first-order valence-electron chi connectivity index (χ1n) is 6.26. The van der Waals surface area contributed by atoms with E-state index in [9.17, 15) is 0 Å². The van der Waals surface area contributed by atoms with Crippen molar-refractivity contribution in [3.05, 3.63) is 28.8 Å². The van der Waals surface area contributed by atoms with Gasteiger partial charge in [-0.25, -0.2) is 0 Å². The summed E-state index contributed by atoms with van der Waals surface area (Å²) in [5.41, 5.74) is 7.46. The third-order valence-corrected chi connectivity index (χ3v) is 5.00. The predicted molar refractivity (Wildman–Crippen MR) is 77.1 cm³/mol. The molecule has 0 aromatic heterocycles. The van der Waals surface area contributed by atoms with Crippen LogP contribution in [-0.2, 0) is 5.41 Å². The molecule has 0 radical (unpaired) electrons. The van der Waals surface area contributed by atoms with Gasteiger partial charge in [0, 0.05) is 21.9 Å². The van der Waals surface area contributed by atoms with Gasteiger partial charge >= 0.3 is 0 Å². The van der Waals surface area contributed by atoms with Gasteiger partial charge in [-0.15, -0.1) is 11.8 Å². The Bertz CT molecular complexity index is 386. The maximum absolute atomic E-state index is 6.39. The van der Waals surface area contributed by atoms with E-state index in [0.717, 1.165) is 5.02 Å². The van der Waals surface area contributed by atoms with Gasteiger partial charge in [-0.2, -0.15) is 0 Å². The molecular weight excluding hydrogens is 250 g/mol. The van der Waals surface area contributed by atoms with Crippen LogP contribution in [0.4, 0.5) is 0 Å². The first-order chi connectivity index (χ1) is 8.22. The molecule has 0 heterocycles. The van der Waals surface area contributed by atoms with Crippen molar-refractivity contribution < 1.29 is 0 Å². The van der Waals surface area contributed by atoms with Crippen LogP contribution in [0.1, 0.15) is 37.7 Å². The largest absolute Gasteiger partial charge is 0.330 e. The zero-order chi connectivity index (χ0) is 12.3. The van der Waals surface area contributed by atoms with Gasteiger partial charge in [-0.05, 0) is 42.9 Å². The highest BCUT2D eigenvalue weighted by Crippen LogP contribution is 2.42. The Labute approximate surface area is 113 Å². The number of benzene rings is 1. The Hall–Kier alpha value is -0.180. The van der Waals surface area contributed by atoms with Gasteiger partial charge < -0.3 is 5.73 Å². The summed E-state index contributed by atoms with van der Waals surface area (Å²) in [5.74, 6) is 0. The van der Waals surface area contributed by atoms with Crippen LogP contribution < -0.4 is 5.73 Å². The molecule has 0 spiro atoms. The fourth-order valence-corrected chi connectivity index (χ4v) is 3.61. The summed E-state index contributed by atoms with van der Waals surface area (Å²) in [6.07, 6.45) is 8.35. The van der Waals surface area contributed by atoms with Crippen LogP contribution in [-0.4, -0.2) is 12.8 Å². The zero-order valence-electron chi connectivity index (χ0n) is 10.3. The van der Waals surface area contributed by atoms with E-state index in [1.54, 1.807) is 11.8 Å². The smallest absolute Gasteiger partial charge is 0.0444 e. The zero-order valence-corrected chi connectivity index (χ0v) is 11.9. The number of nitrogens with two attached hydrogens (primary N) is 1. The van der Waals surface area contributed by atoms with Crippen molar-refractivity contribution in [3.8, 4) is 0 Å². The lowest BCUT2D eigenvalue weighted by Crippen LogP contribution is -2.37. The average Bonchev–Trinajstić information content (AvgIpc) is 2.40. The summed E-state index contributed by atoms with van der Waals surface area (Å²) in [5, 5.41) is 0.884. The lowest BCUT2D eigenvalue weighted by atomic mass is 9.69. The fraction of sp³-hybridized carbons (Fsp3) is 0.571. The van der Waals surface area contributed by atoms with Gasteiger partial charge in [-0.3, -0.25) is 0 Å². The minimum absolute atomic E-state index is 0.126. The van der Waals surface area contributed by atoms with Crippen LogP contribution in [0.3, 0.4) is 0 Å². The minimum atomic E-state index is 0.126. The van der Waals surface area contributed by atoms with Gasteiger partial charge in [0.25, 0.3) is 0 Å². The predicted octanol–water partition coefficient (Wildman–Crippen LogP) is 4.22. The highest BCUT2D eigenvalue weighted by Gasteiger charge is 2.34. The summed E-state index contributed by atoms with van der Waals surface area (Å²) >= 11 is 8.16. The van der Waals surface area contributed by atoms with Crippen molar-refractivity contribution in [2.45, 2.75) is 42.4 Å². The van der Waals surface area contributed by atoms with Gasteiger partial charge in [-0.1, -0.05) is 30.9 Å². The first-order valence-corrected chi connectivity index (χ1v) is 7.86. The third kappa shape index (κ3) is 2.64. The molecule has 1 fully saturated rings. The van der Waals surface area contributed by atoms with Crippen molar-refractivity contribution in [2.75, 3.05) is 12.8 Å². The maximum atomic E-state index is 6.39. The van der Waals surface area contributed by atoms with Crippen molar-refractivity contribution in [2.24, 2.45) is 5.73 Å². The molecule has 94 valence electrons. The van der Waals surface area contributed by atoms with Crippen LogP contribution in [0.25, 0.3) is 0 Å². The quantitative estimate of drug-likeness (QED) is 0.832. The molecule has 0 saturated heterocycles. The van der Waals surface area contributed by atoms with E-state index in [2.05, 4.69) is 18.4 Å². The van der Waals surface area contributed by atoms with E-state index in [4.69, 9.17) is 17.3 Å². The van der Waals surface area contributed by atoms with Gasteiger partial charge in [0.2, 0.25) is 0 Å². The molecule has 3 heteroatoms. The lowest BCUT2D eigenvalue weighted by molar-refractivity contribution is 0.300. The lowest BCUT2D eigenvalue weighted by Gasteiger charge is -2.37. The van der Waals surface area contributed by atoms with Gasteiger partial charge in [0.15, 0.2) is 0 Å². The molecule has 0 amide bonds. The Balaban J connectivity index is 2.41. The first kappa shape index (κ1) is 13.3. The molecule has 1 aliphatic rings. The van der Waals surface area contributed by atoms with Crippen molar-refractivity contribution in [3.63, 3.8) is 0 Å².